The molecule has 1 aliphatic heterocycles. The topological polar surface area (TPSA) is 76.5 Å². The van der Waals surface area contributed by atoms with Crippen LogP contribution in [0.4, 0.5) is 11.6 Å². The van der Waals surface area contributed by atoms with Gasteiger partial charge in [-0.1, -0.05) is 48.5 Å². The number of hydrogen-bond acceptors (Lipinski definition) is 4. The normalized spacial score (nSPS) is 15.0. The van der Waals surface area contributed by atoms with Gasteiger partial charge in [-0.2, -0.15) is 0 Å². The third-order valence-corrected chi connectivity index (χ3v) is 5.88. The Labute approximate surface area is 191 Å². The lowest BCUT2D eigenvalue weighted by molar-refractivity contribution is -0.124. The van der Waals surface area contributed by atoms with E-state index in [1.165, 1.54) is 0 Å². The maximum absolute atomic E-state index is 13.4. The van der Waals surface area contributed by atoms with Crippen LogP contribution in [0.25, 0.3) is 11.0 Å². The summed E-state index contributed by atoms with van der Waals surface area (Å²) in [6.07, 6.45) is 0.726. The number of ether oxygens (including phenoxy) is 1. The molecule has 0 radical (unpaired) electrons. The van der Waals surface area contributed by atoms with Gasteiger partial charge in [0.25, 0.3) is 5.91 Å². The van der Waals surface area contributed by atoms with E-state index in [-0.39, 0.29) is 18.2 Å². The van der Waals surface area contributed by atoms with Gasteiger partial charge in [-0.25, -0.2) is 4.98 Å². The van der Waals surface area contributed by atoms with Gasteiger partial charge in [0.1, 0.15) is 11.8 Å². The molecule has 0 saturated carbocycles. The minimum absolute atomic E-state index is 0.0191. The third-order valence-electron chi connectivity index (χ3n) is 5.88. The van der Waals surface area contributed by atoms with Crippen LogP contribution in [0, 0.1) is 0 Å². The molecule has 0 bridgehead atoms. The lowest BCUT2D eigenvalue weighted by Gasteiger charge is -2.16. The summed E-state index contributed by atoms with van der Waals surface area (Å²) in [6, 6.07) is 24.3. The van der Waals surface area contributed by atoms with Crippen molar-refractivity contribution in [2.75, 3.05) is 23.9 Å². The fraction of sp³-hybridized carbons (Fsp3) is 0.192. The number of benzene rings is 3. The number of carbonyl (C=O) groups is 2. The second-order valence-electron chi connectivity index (χ2n) is 8.00. The zero-order valence-corrected chi connectivity index (χ0v) is 18.3. The number of fused-ring (bicyclic) bond motifs is 3. The van der Waals surface area contributed by atoms with Crippen LogP contribution in [-0.2, 0) is 16.0 Å². The molecule has 7 heteroatoms. The van der Waals surface area contributed by atoms with Crippen molar-refractivity contribution in [3.63, 3.8) is 0 Å². The lowest BCUT2D eigenvalue weighted by Crippen LogP contribution is -2.33. The minimum Gasteiger partial charge on any atom is -0.497 e. The van der Waals surface area contributed by atoms with Crippen LogP contribution in [0.1, 0.15) is 18.0 Å². The zero-order chi connectivity index (χ0) is 22.8. The van der Waals surface area contributed by atoms with Gasteiger partial charge in [0.2, 0.25) is 11.9 Å². The standard InChI is InChI=1S/C26H24N4O3/c1-33-20-11-7-10-19(16-20)27-24(31)17-23-25(32)29(15-14-18-8-3-2-4-9-18)26-28-21-12-5-6-13-22(21)30(23)26/h2-13,16,23H,14-15,17H2,1H3,(H,27,31)/t23-/m0/s1. The van der Waals surface area contributed by atoms with Crippen molar-refractivity contribution >= 4 is 34.5 Å². The first-order chi connectivity index (χ1) is 16.1. The molecular weight excluding hydrogens is 416 g/mol. The Morgan fingerprint density at radius 2 is 1.82 bits per heavy atom. The van der Waals surface area contributed by atoms with Gasteiger partial charge in [-0.15, -0.1) is 0 Å². The van der Waals surface area contributed by atoms with E-state index in [9.17, 15) is 9.59 Å². The van der Waals surface area contributed by atoms with Gasteiger partial charge in [0.05, 0.1) is 24.6 Å². The Balaban J connectivity index is 1.41. The van der Waals surface area contributed by atoms with Crippen LogP contribution in [0.3, 0.4) is 0 Å². The van der Waals surface area contributed by atoms with E-state index in [2.05, 4.69) is 5.32 Å². The van der Waals surface area contributed by atoms with Gasteiger partial charge in [-0.3, -0.25) is 19.1 Å². The van der Waals surface area contributed by atoms with Crippen molar-refractivity contribution in [3.8, 4) is 5.75 Å². The highest BCUT2D eigenvalue weighted by Crippen LogP contribution is 2.36. The summed E-state index contributed by atoms with van der Waals surface area (Å²) < 4.78 is 7.12. The van der Waals surface area contributed by atoms with E-state index in [0.717, 1.165) is 16.6 Å². The molecule has 1 N–H and O–H groups in total. The van der Waals surface area contributed by atoms with Gasteiger partial charge in [0, 0.05) is 18.3 Å². The fourth-order valence-corrected chi connectivity index (χ4v) is 4.28. The zero-order valence-electron chi connectivity index (χ0n) is 18.3. The number of imidazole rings is 1. The molecule has 0 aliphatic carbocycles. The molecule has 0 saturated heterocycles. The highest BCUT2D eigenvalue weighted by Gasteiger charge is 2.40. The smallest absolute Gasteiger partial charge is 0.253 e. The Hall–Kier alpha value is -4.13. The van der Waals surface area contributed by atoms with Crippen molar-refractivity contribution in [2.45, 2.75) is 18.9 Å². The van der Waals surface area contributed by atoms with E-state index in [4.69, 9.17) is 9.72 Å². The van der Waals surface area contributed by atoms with Crippen LogP contribution in [-0.4, -0.2) is 35.0 Å². The molecule has 166 valence electrons. The molecule has 1 aromatic heterocycles. The van der Waals surface area contributed by atoms with Gasteiger partial charge >= 0.3 is 0 Å². The van der Waals surface area contributed by atoms with Crippen LogP contribution in [0.15, 0.2) is 78.9 Å². The monoisotopic (exact) mass is 440 g/mol. The highest BCUT2D eigenvalue weighted by molar-refractivity contribution is 6.05. The summed E-state index contributed by atoms with van der Waals surface area (Å²) >= 11 is 0. The van der Waals surface area contributed by atoms with E-state index < -0.39 is 6.04 Å². The molecule has 0 unspecified atom stereocenters. The van der Waals surface area contributed by atoms with E-state index >= 15 is 0 Å². The quantitative estimate of drug-likeness (QED) is 0.467. The van der Waals surface area contributed by atoms with Crippen molar-refractivity contribution in [2.24, 2.45) is 0 Å². The molecule has 2 heterocycles. The van der Waals surface area contributed by atoms with E-state index in [0.29, 0.717) is 30.4 Å². The number of carbonyl (C=O) groups excluding carboxylic acids is 2. The number of amides is 2. The Kier molecular flexibility index (Phi) is 5.52. The molecular formula is C26H24N4O3. The second kappa shape index (κ2) is 8.78. The number of aromatic nitrogens is 2. The molecule has 5 rings (SSSR count). The summed E-state index contributed by atoms with van der Waals surface area (Å²) in [5, 5.41) is 2.88. The van der Waals surface area contributed by atoms with Crippen molar-refractivity contribution in [3.05, 3.63) is 84.4 Å². The van der Waals surface area contributed by atoms with Gasteiger partial charge in [0.15, 0.2) is 0 Å². The number of rotatable bonds is 7. The largest absolute Gasteiger partial charge is 0.497 e. The SMILES string of the molecule is COc1cccc(NC(=O)C[C@H]2C(=O)N(CCc3ccccc3)c3nc4ccccc4n32)c1. The maximum Gasteiger partial charge on any atom is 0.253 e. The summed E-state index contributed by atoms with van der Waals surface area (Å²) in [5.74, 6) is 0.895. The average molecular weight is 441 g/mol. The summed E-state index contributed by atoms with van der Waals surface area (Å²) in [7, 11) is 1.58. The molecule has 2 amide bonds. The van der Waals surface area contributed by atoms with Gasteiger partial charge < -0.3 is 10.1 Å². The molecule has 3 aromatic carbocycles. The Morgan fingerprint density at radius 1 is 1.03 bits per heavy atom. The molecule has 0 fully saturated rings. The van der Waals surface area contributed by atoms with Crippen LogP contribution in [0.2, 0.25) is 0 Å². The van der Waals surface area contributed by atoms with E-state index in [1.807, 2.05) is 71.3 Å². The predicted molar refractivity (Wildman–Crippen MR) is 128 cm³/mol. The average Bonchev–Trinajstić information content (AvgIpc) is 3.33. The van der Waals surface area contributed by atoms with Crippen molar-refractivity contribution in [1.29, 1.82) is 0 Å². The first-order valence-electron chi connectivity index (χ1n) is 10.9. The molecule has 33 heavy (non-hydrogen) atoms. The Morgan fingerprint density at radius 3 is 2.64 bits per heavy atom. The number of hydrogen-bond donors (Lipinski definition) is 1. The summed E-state index contributed by atoms with van der Waals surface area (Å²) in [4.78, 5) is 32.8. The van der Waals surface area contributed by atoms with Crippen LogP contribution >= 0.6 is 0 Å². The molecule has 7 nitrogen and oxygen atoms in total. The highest BCUT2D eigenvalue weighted by atomic mass is 16.5. The number of nitrogens with one attached hydrogen (secondary N) is 1. The van der Waals surface area contributed by atoms with E-state index in [1.54, 1.807) is 24.1 Å². The predicted octanol–water partition coefficient (Wildman–Crippen LogP) is 4.20. The van der Waals surface area contributed by atoms with Crippen LogP contribution < -0.4 is 15.0 Å². The lowest BCUT2D eigenvalue weighted by atomic mass is 10.1. The first kappa shape index (κ1) is 20.8. The van der Waals surface area contributed by atoms with Crippen molar-refractivity contribution in [1.82, 2.24) is 9.55 Å². The molecule has 1 atom stereocenters. The molecule has 0 spiro atoms. The summed E-state index contributed by atoms with van der Waals surface area (Å²) in [5.41, 5.74) is 3.43. The summed E-state index contributed by atoms with van der Waals surface area (Å²) in [6.45, 7) is 0.500. The molecule has 4 aromatic rings. The maximum atomic E-state index is 13.4. The molecule has 1 aliphatic rings. The number of methoxy groups -OCH3 is 1. The number of nitrogens with zero attached hydrogens (tertiary/aromatic N) is 3. The number of para-hydroxylation sites is 2. The Bertz CT molecular complexity index is 1320. The van der Waals surface area contributed by atoms with Crippen LogP contribution in [0.5, 0.6) is 5.75 Å². The van der Waals surface area contributed by atoms with Gasteiger partial charge in [-0.05, 0) is 36.2 Å². The fourth-order valence-electron chi connectivity index (χ4n) is 4.28. The minimum atomic E-state index is -0.645. The number of anilines is 2. The third kappa shape index (κ3) is 4.05. The first-order valence-corrected chi connectivity index (χ1v) is 10.9. The second-order valence-corrected chi connectivity index (χ2v) is 8.00. The van der Waals surface area contributed by atoms with Crippen molar-refractivity contribution < 1.29 is 14.3 Å².